The summed E-state index contributed by atoms with van der Waals surface area (Å²) in [5.74, 6) is 0.112. The van der Waals surface area contributed by atoms with E-state index in [0.717, 1.165) is 10.6 Å². The maximum atomic E-state index is 6.12. The molecule has 0 spiro atoms. The fourth-order valence-corrected chi connectivity index (χ4v) is 1.96. The van der Waals surface area contributed by atoms with Gasteiger partial charge in [-0.2, -0.15) is 11.1 Å². The van der Waals surface area contributed by atoms with Gasteiger partial charge in [0.05, 0.1) is 6.17 Å². The van der Waals surface area contributed by atoms with E-state index in [0.29, 0.717) is 6.54 Å². The van der Waals surface area contributed by atoms with Gasteiger partial charge >= 0.3 is 0 Å². The van der Waals surface area contributed by atoms with Crippen LogP contribution in [0.4, 0.5) is 0 Å². The highest BCUT2D eigenvalue weighted by Crippen LogP contribution is 2.25. The van der Waals surface area contributed by atoms with Crippen LogP contribution >= 0.6 is 11.6 Å². The van der Waals surface area contributed by atoms with Crippen LogP contribution in [0.2, 0.25) is 5.02 Å². The Hall–Kier alpha value is -0.690. The second-order valence-electron chi connectivity index (χ2n) is 3.38. The van der Waals surface area contributed by atoms with Crippen molar-refractivity contribution in [3.05, 3.63) is 34.9 Å². The summed E-state index contributed by atoms with van der Waals surface area (Å²) in [5.41, 5.74) is 18.4. The van der Waals surface area contributed by atoms with E-state index in [2.05, 4.69) is 21.9 Å². The SMILES string of the molecule is NCC(c1ccccc1Cl)C1NNNN1. The van der Waals surface area contributed by atoms with Gasteiger partial charge in [-0.05, 0) is 11.6 Å². The standard InChI is InChI=1S/C9H14ClN5/c10-8-4-2-1-3-6(8)7(5-11)9-12-14-15-13-9/h1-4,7,9,12-15H,5,11H2. The van der Waals surface area contributed by atoms with Crippen molar-refractivity contribution >= 4 is 11.6 Å². The van der Waals surface area contributed by atoms with Gasteiger partial charge in [-0.15, -0.1) is 0 Å². The second kappa shape index (κ2) is 4.89. The third-order valence-corrected chi connectivity index (χ3v) is 2.82. The van der Waals surface area contributed by atoms with Crippen molar-refractivity contribution in [2.45, 2.75) is 12.1 Å². The van der Waals surface area contributed by atoms with E-state index in [-0.39, 0.29) is 12.1 Å². The summed E-state index contributed by atoms with van der Waals surface area (Å²) in [5, 5.41) is 0.739. The van der Waals surface area contributed by atoms with E-state index in [1.54, 1.807) is 0 Å². The van der Waals surface area contributed by atoms with Crippen LogP contribution in [0.3, 0.4) is 0 Å². The number of nitrogens with two attached hydrogens (primary N) is 1. The number of hydrazine groups is 3. The Balaban J connectivity index is 2.22. The molecule has 1 aliphatic rings. The lowest BCUT2D eigenvalue weighted by molar-refractivity contribution is 0.436. The molecule has 6 heteroatoms. The van der Waals surface area contributed by atoms with Gasteiger partial charge in [0.2, 0.25) is 0 Å². The molecular formula is C9H14ClN5. The van der Waals surface area contributed by atoms with Gasteiger partial charge in [0.25, 0.3) is 0 Å². The van der Waals surface area contributed by atoms with Gasteiger partial charge in [0, 0.05) is 17.5 Å². The number of nitrogens with one attached hydrogen (secondary N) is 4. The minimum absolute atomic E-state index is 0.0231. The summed E-state index contributed by atoms with van der Waals surface area (Å²) < 4.78 is 0. The zero-order chi connectivity index (χ0) is 10.7. The summed E-state index contributed by atoms with van der Waals surface area (Å²) in [6, 6.07) is 7.72. The lowest BCUT2D eigenvalue weighted by Crippen LogP contribution is -2.42. The Labute approximate surface area is 93.3 Å². The highest BCUT2D eigenvalue weighted by molar-refractivity contribution is 6.31. The fraction of sp³-hybridized carbons (Fsp3) is 0.333. The predicted octanol–water partition coefficient (Wildman–Crippen LogP) is -0.175. The molecular weight excluding hydrogens is 214 g/mol. The molecule has 0 saturated carbocycles. The fourth-order valence-electron chi connectivity index (χ4n) is 1.68. The van der Waals surface area contributed by atoms with Crippen LogP contribution in [-0.2, 0) is 0 Å². The third-order valence-electron chi connectivity index (χ3n) is 2.48. The lowest BCUT2D eigenvalue weighted by Gasteiger charge is -2.22. The van der Waals surface area contributed by atoms with Crippen molar-refractivity contribution < 1.29 is 0 Å². The average Bonchev–Trinajstić information content (AvgIpc) is 2.75. The zero-order valence-corrected chi connectivity index (χ0v) is 8.88. The smallest absolute Gasteiger partial charge is 0.0940 e. The Bertz CT molecular complexity index is 326. The van der Waals surface area contributed by atoms with Gasteiger partial charge < -0.3 is 5.73 Å². The van der Waals surface area contributed by atoms with Crippen molar-refractivity contribution in [3.8, 4) is 0 Å². The van der Waals surface area contributed by atoms with Crippen molar-refractivity contribution in [1.29, 1.82) is 0 Å². The Morgan fingerprint density at radius 2 is 1.93 bits per heavy atom. The van der Waals surface area contributed by atoms with E-state index >= 15 is 0 Å². The van der Waals surface area contributed by atoms with Crippen molar-refractivity contribution in [1.82, 2.24) is 21.9 Å². The van der Waals surface area contributed by atoms with Crippen molar-refractivity contribution in [3.63, 3.8) is 0 Å². The van der Waals surface area contributed by atoms with Gasteiger partial charge in [0.15, 0.2) is 0 Å². The monoisotopic (exact) mass is 227 g/mol. The lowest BCUT2D eigenvalue weighted by atomic mass is 9.96. The highest BCUT2D eigenvalue weighted by Gasteiger charge is 2.25. The second-order valence-corrected chi connectivity index (χ2v) is 3.79. The normalized spacial score (nSPS) is 19.3. The van der Waals surface area contributed by atoms with Gasteiger partial charge in [0.1, 0.15) is 0 Å². The summed E-state index contributed by atoms with van der Waals surface area (Å²) in [4.78, 5) is 0. The molecule has 0 amide bonds. The number of halogens is 1. The first-order valence-corrected chi connectivity index (χ1v) is 5.16. The van der Waals surface area contributed by atoms with Gasteiger partial charge in [-0.25, -0.2) is 10.9 Å². The molecule has 1 fully saturated rings. The molecule has 0 aromatic heterocycles. The summed E-state index contributed by atoms with van der Waals surface area (Å²) in [6.07, 6.45) is 0.0231. The molecule has 1 aromatic carbocycles. The predicted molar refractivity (Wildman–Crippen MR) is 59.6 cm³/mol. The molecule has 0 aliphatic carbocycles. The molecule has 15 heavy (non-hydrogen) atoms. The van der Waals surface area contributed by atoms with Crippen LogP contribution in [0, 0.1) is 0 Å². The van der Waals surface area contributed by atoms with E-state index in [1.165, 1.54) is 0 Å². The minimum atomic E-state index is 0.0231. The number of benzene rings is 1. The molecule has 82 valence electrons. The summed E-state index contributed by atoms with van der Waals surface area (Å²) in [7, 11) is 0. The molecule has 5 nitrogen and oxygen atoms in total. The molecule has 0 radical (unpaired) electrons. The largest absolute Gasteiger partial charge is 0.330 e. The molecule has 1 aromatic rings. The maximum Gasteiger partial charge on any atom is 0.0940 e. The summed E-state index contributed by atoms with van der Waals surface area (Å²) in [6.45, 7) is 0.512. The van der Waals surface area contributed by atoms with Crippen LogP contribution in [0.1, 0.15) is 11.5 Å². The molecule has 1 aliphatic heterocycles. The van der Waals surface area contributed by atoms with Crippen LogP contribution in [0.5, 0.6) is 0 Å². The molecule has 6 N–H and O–H groups in total. The van der Waals surface area contributed by atoms with E-state index < -0.39 is 0 Å². The molecule has 1 atom stereocenters. The molecule has 0 bridgehead atoms. The van der Waals surface area contributed by atoms with Gasteiger partial charge in [-0.1, -0.05) is 29.8 Å². The van der Waals surface area contributed by atoms with E-state index in [9.17, 15) is 0 Å². The quantitative estimate of drug-likeness (QED) is 0.496. The molecule has 2 rings (SSSR count). The first-order chi connectivity index (χ1) is 7.33. The number of hydrogen-bond acceptors (Lipinski definition) is 5. The first-order valence-electron chi connectivity index (χ1n) is 4.78. The van der Waals surface area contributed by atoms with Crippen LogP contribution in [0.15, 0.2) is 24.3 Å². The Morgan fingerprint density at radius 3 is 2.53 bits per heavy atom. The third kappa shape index (κ3) is 2.28. The van der Waals surface area contributed by atoms with E-state index in [1.807, 2.05) is 24.3 Å². The van der Waals surface area contributed by atoms with Crippen LogP contribution < -0.4 is 27.7 Å². The maximum absolute atomic E-state index is 6.12. The van der Waals surface area contributed by atoms with E-state index in [4.69, 9.17) is 17.3 Å². The Kier molecular flexibility index (Phi) is 3.53. The number of hydrogen-bond donors (Lipinski definition) is 5. The minimum Gasteiger partial charge on any atom is -0.330 e. The molecule has 1 heterocycles. The van der Waals surface area contributed by atoms with Crippen LogP contribution in [-0.4, -0.2) is 12.7 Å². The Morgan fingerprint density at radius 1 is 1.27 bits per heavy atom. The first kappa shape index (κ1) is 10.8. The summed E-state index contributed by atoms with van der Waals surface area (Å²) >= 11 is 6.12. The number of rotatable bonds is 3. The van der Waals surface area contributed by atoms with Gasteiger partial charge in [-0.3, -0.25) is 0 Å². The molecule has 1 saturated heterocycles. The average molecular weight is 228 g/mol. The van der Waals surface area contributed by atoms with Crippen LogP contribution in [0.25, 0.3) is 0 Å². The van der Waals surface area contributed by atoms with Crippen molar-refractivity contribution in [2.75, 3.05) is 6.54 Å². The zero-order valence-electron chi connectivity index (χ0n) is 8.13. The highest BCUT2D eigenvalue weighted by atomic mass is 35.5. The topological polar surface area (TPSA) is 74.1 Å². The molecule has 1 unspecified atom stereocenters. The van der Waals surface area contributed by atoms with Crippen molar-refractivity contribution in [2.24, 2.45) is 5.73 Å².